The summed E-state index contributed by atoms with van der Waals surface area (Å²) in [6.07, 6.45) is 1.60. The van der Waals surface area contributed by atoms with Crippen LogP contribution in [0.25, 0.3) is 0 Å². The third kappa shape index (κ3) is 3.62. The van der Waals surface area contributed by atoms with Crippen molar-refractivity contribution in [2.24, 2.45) is 0 Å². The number of likely N-dealkylation sites (N-methyl/N-ethyl adjacent to an activating group) is 1. The molecule has 2 aliphatic rings. The molecule has 0 bridgehead atoms. The monoisotopic (exact) mass is 371 g/mol. The average molecular weight is 371 g/mol. The maximum absolute atomic E-state index is 14.0. The van der Waals surface area contributed by atoms with Crippen LogP contribution in [0.15, 0.2) is 30.6 Å². The Hall–Kier alpha value is -2.61. The highest BCUT2D eigenvalue weighted by Crippen LogP contribution is 2.30. The Balaban J connectivity index is 1.47. The van der Waals surface area contributed by atoms with E-state index >= 15 is 0 Å². The van der Waals surface area contributed by atoms with Crippen LogP contribution in [0.1, 0.15) is 0 Å². The second-order valence-electron chi connectivity index (χ2n) is 7.15. The number of piperazine rings is 2. The van der Waals surface area contributed by atoms with Crippen molar-refractivity contribution in [1.29, 1.82) is 0 Å². The fraction of sp³-hybridized carbons (Fsp3) is 0.474. The third-order valence-electron chi connectivity index (χ3n) is 5.42. The smallest absolute Gasteiger partial charge is 0.157 e. The molecule has 2 aromatic rings. The summed E-state index contributed by atoms with van der Waals surface area (Å²) in [4.78, 5) is 17.7. The summed E-state index contributed by atoms with van der Waals surface area (Å²) in [6.45, 7) is 6.79. The summed E-state index contributed by atoms with van der Waals surface area (Å²) in [5.74, 6) is 1.43. The van der Waals surface area contributed by atoms with Gasteiger partial charge in [0, 0.05) is 52.4 Å². The Kier molecular flexibility index (Phi) is 4.98. The van der Waals surface area contributed by atoms with Gasteiger partial charge < -0.3 is 25.3 Å². The molecule has 0 unspecified atom stereocenters. The summed E-state index contributed by atoms with van der Waals surface area (Å²) in [5, 5.41) is 0. The molecule has 2 aliphatic heterocycles. The van der Waals surface area contributed by atoms with E-state index in [-0.39, 0.29) is 5.82 Å². The topological polar surface area (TPSA) is 64.8 Å². The van der Waals surface area contributed by atoms with E-state index in [1.54, 1.807) is 12.4 Å². The van der Waals surface area contributed by atoms with E-state index in [0.29, 0.717) is 11.4 Å². The van der Waals surface area contributed by atoms with Crippen molar-refractivity contribution in [3.8, 4) is 0 Å². The van der Waals surface area contributed by atoms with Gasteiger partial charge in [-0.15, -0.1) is 0 Å². The normalized spacial score (nSPS) is 18.8. The predicted octanol–water partition coefficient (Wildman–Crippen LogP) is 1.28. The van der Waals surface area contributed by atoms with Crippen molar-refractivity contribution in [3.63, 3.8) is 0 Å². The lowest BCUT2D eigenvalue weighted by Gasteiger charge is -2.38. The van der Waals surface area contributed by atoms with Gasteiger partial charge in [0.25, 0.3) is 0 Å². The molecule has 0 saturated carbocycles. The van der Waals surface area contributed by atoms with Gasteiger partial charge in [-0.25, -0.2) is 14.4 Å². The van der Waals surface area contributed by atoms with Crippen LogP contribution in [-0.2, 0) is 0 Å². The van der Waals surface area contributed by atoms with E-state index in [0.717, 1.165) is 64.0 Å². The molecule has 8 heteroatoms. The first-order valence-electron chi connectivity index (χ1n) is 9.42. The summed E-state index contributed by atoms with van der Waals surface area (Å²) in [6, 6.07) is 6.92. The standard InChI is InChI=1S/C19H26FN7/c1-24-6-8-26(9-7-24)18-17(21)19(23-14-22-18)27-12-10-25(11-13-27)16-5-3-2-4-15(16)20/h2-5,14H,6-13,21H2,1H3. The molecule has 2 fully saturated rings. The number of hydrogen-bond acceptors (Lipinski definition) is 7. The lowest BCUT2D eigenvalue weighted by molar-refractivity contribution is 0.312. The number of para-hydroxylation sites is 1. The second kappa shape index (κ2) is 7.56. The van der Waals surface area contributed by atoms with Gasteiger partial charge in [-0.2, -0.15) is 0 Å². The first-order valence-corrected chi connectivity index (χ1v) is 9.42. The van der Waals surface area contributed by atoms with Crippen LogP contribution in [0, 0.1) is 5.82 Å². The molecule has 0 aliphatic carbocycles. The molecule has 7 nitrogen and oxygen atoms in total. The first-order chi connectivity index (χ1) is 13.1. The molecule has 144 valence electrons. The fourth-order valence-corrected chi connectivity index (χ4v) is 3.77. The maximum Gasteiger partial charge on any atom is 0.157 e. The second-order valence-corrected chi connectivity index (χ2v) is 7.15. The molecule has 0 radical (unpaired) electrons. The molecule has 3 heterocycles. The number of benzene rings is 1. The van der Waals surface area contributed by atoms with Crippen LogP contribution < -0.4 is 20.4 Å². The van der Waals surface area contributed by atoms with Crippen LogP contribution in [0.3, 0.4) is 0 Å². The molecule has 27 heavy (non-hydrogen) atoms. The van der Waals surface area contributed by atoms with Gasteiger partial charge in [0.15, 0.2) is 11.6 Å². The molecule has 2 saturated heterocycles. The van der Waals surface area contributed by atoms with Gasteiger partial charge >= 0.3 is 0 Å². The Labute approximate surface area is 159 Å². The van der Waals surface area contributed by atoms with E-state index in [4.69, 9.17) is 5.73 Å². The zero-order valence-corrected chi connectivity index (χ0v) is 15.7. The number of aromatic nitrogens is 2. The number of hydrogen-bond donors (Lipinski definition) is 1. The van der Waals surface area contributed by atoms with Crippen LogP contribution in [0.5, 0.6) is 0 Å². The molecule has 1 aromatic heterocycles. The number of anilines is 4. The summed E-state index contributed by atoms with van der Waals surface area (Å²) in [5.41, 5.74) is 7.75. The lowest BCUT2D eigenvalue weighted by atomic mass is 10.2. The minimum atomic E-state index is -0.176. The first kappa shape index (κ1) is 17.8. The van der Waals surface area contributed by atoms with Gasteiger partial charge in [-0.3, -0.25) is 0 Å². The highest BCUT2D eigenvalue weighted by Gasteiger charge is 2.25. The van der Waals surface area contributed by atoms with E-state index in [9.17, 15) is 4.39 Å². The maximum atomic E-state index is 14.0. The molecule has 4 rings (SSSR count). The largest absolute Gasteiger partial charge is 0.393 e. The number of nitrogen functional groups attached to an aromatic ring is 1. The lowest BCUT2D eigenvalue weighted by Crippen LogP contribution is -2.48. The zero-order chi connectivity index (χ0) is 18.8. The highest BCUT2D eigenvalue weighted by atomic mass is 19.1. The molecule has 0 atom stereocenters. The van der Waals surface area contributed by atoms with Crippen molar-refractivity contribution in [3.05, 3.63) is 36.4 Å². The van der Waals surface area contributed by atoms with Crippen LogP contribution in [0.2, 0.25) is 0 Å². The van der Waals surface area contributed by atoms with Crippen molar-refractivity contribution < 1.29 is 4.39 Å². The van der Waals surface area contributed by atoms with Crippen LogP contribution in [-0.4, -0.2) is 74.3 Å². The number of nitrogens with zero attached hydrogens (tertiary/aromatic N) is 6. The fourth-order valence-electron chi connectivity index (χ4n) is 3.77. The molecule has 0 amide bonds. The number of halogens is 1. The van der Waals surface area contributed by atoms with Gasteiger partial charge in [0.2, 0.25) is 0 Å². The van der Waals surface area contributed by atoms with E-state index in [2.05, 4.69) is 36.6 Å². The van der Waals surface area contributed by atoms with E-state index in [1.165, 1.54) is 6.07 Å². The quantitative estimate of drug-likeness (QED) is 0.872. The van der Waals surface area contributed by atoms with Crippen LogP contribution >= 0.6 is 0 Å². The number of rotatable bonds is 3. The molecule has 2 N–H and O–H groups in total. The highest BCUT2D eigenvalue weighted by molar-refractivity contribution is 5.76. The zero-order valence-electron chi connectivity index (χ0n) is 15.7. The van der Waals surface area contributed by atoms with Crippen molar-refractivity contribution >= 4 is 23.0 Å². The van der Waals surface area contributed by atoms with Crippen LogP contribution in [0.4, 0.5) is 27.4 Å². The van der Waals surface area contributed by atoms with E-state index < -0.39 is 0 Å². The summed E-state index contributed by atoms with van der Waals surface area (Å²) >= 11 is 0. The minimum Gasteiger partial charge on any atom is -0.393 e. The summed E-state index contributed by atoms with van der Waals surface area (Å²) in [7, 11) is 2.13. The Morgan fingerprint density at radius 1 is 0.815 bits per heavy atom. The number of nitrogens with two attached hydrogens (primary N) is 1. The molecule has 1 aromatic carbocycles. The SMILES string of the molecule is CN1CCN(c2ncnc(N3CCN(c4ccccc4F)CC3)c2N)CC1. The Bertz CT molecular complexity index is 783. The van der Waals surface area contributed by atoms with Crippen molar-refractivity contribution in [1.82, 2.24) is 14.9 Å². The van der Waals surface area contributed by atoms with Crippen molar-refractivity contribution in [2.45, 2.75) is 0 Å². The predicted molar refractivity (Wildman–Crippen MR) is 107 cm³/mol. The minimum absolute atomic E-state index is 0.176. The van der Waals surface area contributed by atoms with E-state index in [1.807, 2.05) is 12.1 Å². The van der Waals surface area contributed by atoms with Crippen molar-refractivity contribution in [2.75, 3.05) is 79.8 Å². The third-order valence-corrected chi connectivity index (χ3v) is 5.42. The molecular formula is C19H26FN7. The molecular weight excluding hydrogens is 345 g/mol. The van der Waals surface area contributed by atoms with Gasteiger partial charge in [-0.1, -0.05) is 12.1 Å². The van der Waals surface area contributed by atoms with Gasteiger partial charge in [-0.05, 0) is 19.2 Å². The van der Waals surface area contributed by atoms with Gasteiger partial charge in [0.1, 0.15) is 17.8 Å². The Morgan fingerprint density at radius 3 is 1.93 bits per heavy atom. The average Bonchev–Trinajstić information content (AvgIpc) is 2.70. The van der Waals surface area contributed by atoms with Gasteiger partial charge in [0.05, 0.1) is 5.69 Å². The summed E-state index contributed by atoms with van der Waals surface area (Å²) < 4.78 is 14.0. The Morgan fingerprint density at radius 2 is 1.33 bits per heavy atom. The molecule has 0 spiro atoms.